The van der Waals surface area contributed by atoms with Gasteiger partial charge in [0.25, 0.3) is 0 Å². The van der Waals surface area contributed by atoms with Crippen LogP contribution in [0.15, 0.2) is 67.2 Å². The molecule has 20 heavy (non-hydrogen) atoms. The fourth-order valence-corrected chi connectivity index (χ4v) is 2.91. The van der Waals surface area contributed by atoms with Crippen molar-refractivity contribution in [1.29, 1.82) is 0 Å². The molecule has 0 spiro atoms. The molecule has 94 valence electrons. The molecule has 0 amide bonds. The van der Waals surface area contributed by atoms with E-state index in [9.17, 15) is 4.79 Å². The number of rotatable bonds is 0. The fourth-order valence-electron chi connectivity index (χ4n) is 2.91. The van der Waals surface area contributed by atoms with Crippen LogP contribution in [0.2, 0.25) is 0 Å². The molecular formula is C19H12O. The Morgan fingerprint density at radius 1 is 0.650 bits per heavy atom. The summed E-state index contributed by atoms with van der Waals surface area (Å²) < 4.78 is 0. The van der Waals surface area contributed by atoms with Gasteiger partial charge in [-0.05, 0) is 39.6 Å². The van der Waals surface area contributed by atoms with Crippen LogP contribution in [-0.4, -0.2) is 5.78 Å². The van der Waals surface area contributed by atoms with Crippen LogP contribution in [0.3, 0.4) is 0 Å². The number of carbonyl (C=O) groups excluding carboxylic acids is 1. The fraction of sp³-hybridized carbons (Fsp3) is 0. The third-order valence-electron chi connectivity index (χ3n) is 3.95. The molecule has 0 aromatic heterocycles. The molecular weight excluding hydrogens is 244 g/mol. The summed E-state index contributed by atoms with van der Waals surface area (Å²) in [4.78, 5) is 12.7. The predicted molar refractivity (Wildman–Crippen MR) is 82.0 cm³/mol. The molecule has 0 saturated heterocycles. The van der Waals surface area contributed by atoms with Gasteiger partial charge in [0, 0.05) is 11.1 Å². The molecule has 3 aromatic rings. The molecule has 0 N–H and O–H groups in total. The van der Waals surface area contributed by atoms with E-state index in [1.54, 1.807) is 0 Å². The molecule has 0 atom stereocenters. The first-order valence-electron chi connectivity index (χ1n) is 6.62. The highest BCUT2D eigenvalue weighted by molar-refractivity contribution is 6.20. The van der Waals surface area contributed by atoms with Gasteiger partial charge in [0.15, 0.2) is 5.78 Å². The average molecular weight is 256 g/mol. The third kappa shape index (κ3) is 1.41. The summed E-state index contributed by atoms with van der Waals surface area (Å²) in [5.41, 5.74) is 4.33. The van der Waals surface area contributed by atoms with E-state index in [1.807, 2.05) is 48.5 Å². The standard InChI is InChI=1S/C19H12O/c1-12-15-8-4-5-9-16(15)19(20)18-11-14-7-3-2-6-13(14)10-17(12)18/h2-11H,1H2. The van der Waals surface area contributed by atoms with Crippen LogP contribution in [0.5, 0.6) is 0 Å². The van der Waals surface area contributed by atoms with Crippen molar-refractivity contribution in [3.8, 4) is 0 Å². The van der Waals surface area contributed by atoms with Crippen LogP contribution < -0.4 is 0 Å². The van der Waals surface area contributed by atoms with Gasteiger partial charge in [-0.3, -0.25) is 4.79 Å². The van der Waals surface area contributed by atoms with Gasteiger partial charge in [-0.15, -0.1) is 0 Å². The van der Waals surface area contributed by atoms with E-state index >= 15 is 0 Å². The van der Waals surface area contributed by atoms with Crippen LogP contribution in [0.1, 0.15) is 27.0 Å². The highest BCUT2D eigenvalue weighted by atomic mass is 16.1. The summed E-state index contributed by atoms with van der Waals surface area (Å²) in [7, 11) is 0. The second kappa shape index (κ2) is 3.91. The summed E-state index contributed by atoms with van der Waals surface area (Å²) in [6, 6.07) is 19.8. The van der Waals surface area contributed by atoms with E-state index in [4.69, 9.17) is 0 Å². The Balaban J connectivity index is 2.08. The van der Waals surface area contributed by atoms with Crippen LogP contribution in [0, 0.1) is 0 Å². The van der Waals surface area contributed by atoms with Crippen molar-refractivity contribution in [2.24, 2.45) is 0 Å². The van der Waals surface area contributed by atoms with E-state index in [2.05, 4.69) is 18.7 Å². The molecule has 1 heteroatoms. The van der Waals surface area contributed by atoms with Crippen molar-refractivity contribution in [2.45, 2.75) is 0 Å². The Kier molecular flexibility index (Phi) is 2.19. The molecule has 0 bridgehead atoms. The van der Waals surface area contributed by atoms with Crippen molar-refractivity contribution in [1.82, 2.24) is 0 Å². The van der Waals surface area contributed by atoms with Crippen molar-refractivity contribution in [2.75, 3.05) is 0 Å². The summed E-state index contributed by atoms with van der Waals surface area (Å²) >= 11 is 0. The average Bonchev–Trinajstić information content (AvgIpc) is 2.51. The van der Waals surface area contributed by atoms with Crippen molar-refractivity contribution < 1.29 is 4.79 Å². The quantitative estimate of drug-likeness (QED) is 0.454. The molecule has 0 heterocycles. The van der Waals surface area contributed by atoms with E-state index in [0.717, 1.165) is 38.6 Å². The van der Waals surface area contributed by atoms with Gasteiger partial charge in [-0.25, -0.2) is 0 Å². The van der Waals surface area contributed by atoms with E-state index in [-0.39, 0.29) is 5.78 Å². The van der Waals surface area contributed by atoms with Gasteiger partial charge in [0.05, 0.1) is 0 Å². The van der Waals surface area contributed by atoms with Crippen molar-refractivity contribution in [3.05, 3.63) is 89.5 Å². The second-order valence-electron chi connectivity index (χ2n) is 5.10. The third-order valence-corrected chi connectivity index (χ3v) is 3.95. The first-order valence-corrected chi connectivity index (χ1v) is 6.62. The van der Waals surface area contributed by atoms with Gasteiger partial charge in [-0.1, -0.05) is 55.1 Å². The zero-order chi connectivity index (χ0) is 13.7. The van der Waals surface area contributed by atoms with Crippen LogP contribution in [0.25, 0.3) is 16.3 Å². The van der Waals surface area contributed by atoms with Gasteiger partial charge >= 0.3 is 0 Å². The predicted octanol–water partition coefficient (Wildman–Crippen LogP) is 4.45. The number of benzene rings is 3. The molecule has 1 aliphatic rings. The Morgan fingerprint density at radius 2 is 1.20 bits per heavy atom. The summed E-state index contributed by atoms with van der Waals surface area (Å²) in [5.74, 6) is 0.0914. The van der Waals surface area contributed by atoms with Gasteiger partial charge in [0.1, 0.15) is 0 Å². The minimum absolute atomic E-state index is 0.0914. The molecule has 1 nitrogen and oxygen atoms in total. The molecule has 0 aliphatic heterocycles. The van der Waals surface area contributed by atoms with Gasteiger partial charge < -0.3 is 0 Å². The highest BCUT2D eigenvalue weighted by Gasteiger charge is 2.25. The smallest absolute Gasteiger partial charge is 0.194 e. The molecule has 3 aromatic carbocycles. The van der Waals surface area contributed by atoms with Gasteiger partial charge in [0.2, 0.25) is 0 Å². The van der Waals surface area contributed by atoms with E-state index in [1.165, 1.54) is 0 Å². The second-order valence-corrected chi connectivity index (χ2v) is 5.10. The first-order chi connectivity index (χ1) is 9.75. The molecule has 0 unspecified atom stereocenters. The zero-order valence-electron chi connectivity index (χ0n) is 10.9. The maximum Gasteiger partial charge on any atom is 0.194 e. The van der Waals surface area contributed by atoms with E-state index < -0.39 is 0 Å². The lowest BCUT2D eigenvalue weighted by Gasteiger charge is -2.21. The Bertz CT molecular complexity index is 814. The summed E-state index contributed by atoms with van der Waals surface area (Å²) in [5, 5.41) is 2.23. The highest BCUT2D eigenvalue weighted by Crippen LogP contribution is 2.36. The lowest BCUT2D eigenvalue weighted by Crippen LogP contribution is -2.13. The molecule has 4 rings (SSSR count). The Morgan fingerprint density at radius 3 is 1.90 bits per heavy atom. The Hall–Kier alpha value is -2.67. The molecule has 1 aliphatic carbocycles. The lowest BCUT2D eigenvalue weighted by molar-refractivity contribution is 0.103. The van der Waals surface area contributed by atoms with Gasteiger partial charge in [-0.2, -0.15) is 0 Å². The van der Waals surface area contributed by atoms with Crippen molar-refractivity contribution in [3.63, 3.8) is 0 Å². The number of fused-ring (bicyclic) bond motifs is 3. The number of ketones is 1. The molecule has 0 radical (unpaired) electrons. The number of hydrogen-bond donors (Lipinski definition) is 0. The maximum atomic E-state index is 12.7. The monoisotopic (exact) mass is 256 g/mol. The van der Waals surface area contributed by atoms with Crippen LogP contribution in [-0.2, 0) is 0 Å². The topological polar surface area (TPSA) is 17.1 Å². The summed E-state index contributed by atoms with van der Waals surface area (Å²) in [6.45, 7) is 4.19. The van der Waals surface area contributed by atoms with Crippen molar-refractivity contribution >= 4 is 22.1 Å². The Labute approximate surface area is 117 Å². The minimum atomic E-state index is 0.0914. The lowest BCUT2D eigenvalue weighted by atomic mass is 9.81. The summed E-state index contributed by atoms with van der Waals surface area (Å²) in [6.07, 6.45) is 0. The minimum Gasteiger partial charge on any atom is -0.289 e. The maximum absolute atomic E-state index is 12.7. The van der Waals surface area contributed by atoms with Crippen LogP contribution in [0.4, 0.5) is 0 Å². The van der Waals surface area contributed by atoms with E-state index in [0.29, 0.717) is 0 Å². The number of carbonyl (C=O) groups is 1. The SMILES string of the molecule is C=C1c2ccccc2C(=O)c2cc3ccccc3cc21. The first kappa shape index (κ1) is 11.2. The largest absolute Gasteiger partial charge is 0.289 e. The van der Waals surface area contributed by atoms with Crippen LogP contribution >= 0.6 is 0 Å². The zero-order valence-corrected chi connectivity index (χ0v) is 10.9. The normalized spacial score (nSPS) is 13.2. The number of hydrogen-bond acceptors (Lipinski definition) is 1. The molecule has 0 saturated carbocycles. The molecule has 0 fully saturated rings.